The van der Waals surface area contributed by atoms with Crippen molar-refractivity contribution in [2.24, 2.45) is 0 Å². The Bertz CT molecular complexity index is 733. The Hall–Kier alpha value is -1.99. The van der Waals surface area contributed by atoms with Crippen LogP contribution in [0.1, 0.15) is 23.0 Å². The second kappa shape index (κ2) is 7.52. The van der Waals surface area contributed by atoms with Crippen LogP contribution in [-0.4, -0.2) is 22.9 Å². The first-order chi connectivity index (χ1) is 10.9. The van der Waals surface area contributed by atoms with Crippen LogP contribution in [-0.2, 0) is 4.79 Å². The van der Waals surface area contributed by atoms with Gasteiger partial charge in [-0.3, -0.25) is 20.4 Å². The van der Waals surface area contributed by atoms with Crippen LogP contribution in [0.15, 0.2) is 34.9 Å². The van der Waals surface area contributed by atoms with Crippen molar-refractivity contribution in [2.45, 2.75) is 20.0 Å². The third kappa shape index (κ3) is 4.74. The predicted octanol–water partition coefficient (Wildman–Crippen LogP) is 2.97. The Balaban J connectivity index is 1.87. The van der Waals surface area contributed by atoms with Crippen LogP contribution < -0.4 is 15.6 Å². The summed E-state index contributed by atoms with van der Waals surface area (Å²) in [6, 6.07) is 6.70. The highest BCUT2D eigenvalue weighted by Gasteiger charge is 2.16. The quantitative estimate of drug-likeness (QED) is 0.690. The maximum Gasteiger partial charge on any atom is 0.286 e. The summed E-state index contributed by atoms with van der Waals surface area (Å²) >= 11 is 9.16. The summed E-state index contributed by atoms with van der Waals surface area (Å²) in [5.74, 6) is -0.413. The van der Waals surface area contributed by atoms with E-state index in [1.54, 1.807) is 37.4 Å². The fourth-order valence-electron chi connectivity index (χ4n) is 1.73. The van der Waals surface area contributed by atoms with E-state index in [2.05, 4.69) is 31.8 Å². The van der Waals surface area contributed by atoms with Gasteiger partial charge < -0.3 is 9.72 Å². The Kier molecular flexibility index (Phi) is 5.68. The molecule has 1 atom stereocenters. The molecule has 1 unspecified atom stereocenters. The highest BCUT2D eigenvalue weighted by molar-refractivity contribution is 9.10. The number of nitrogens with one attached hydrogen (secondary N) is 3. The van der Waals surface area contributed by atoms with Crippen LogP contribution in [0, 0.1) is 6.92 Å². The molecule has 0 radical (unpaired) electrons. The number of hydrazine groups is 1. The number of benzene rings is 1. The molecule has 0 saturated heterocycles. The number of aromatic nitrogens is 1. The molecular formula is C15H15BrClN3O3. The lowest BCUT2D eigenvalue weighted by Crippen LogP contribution is -2.47. The Labute approximate surface area is 146 Å². The zero-order valence-electron chi connectivity index (χ0n) is 12.4. The zero-order chi connectivity index (χ0) is 17.0. The van der Waals surface area contributed by atoms with Crippen molar-refractivity contribution in [3.8, 4) is 5.75 Å². The molecule has 0 saturated carbocycles. The highest BCUT2D eigenvalue weighted by atomic mass is 79.9. The molecule has 3 N–H and O–H groups in total. The third-order valence-electron chi connectivity index (χ3n) is 3.00. The van der Waals surface area contributed by atoms with Crippen molar-refractivity contribution in [3.63, 3.8) is 0 Å². The molecule has 23 heavy (non-hydrogen) atoms. The van der Waals surface area contributed by atoms with Gasteiger partial charge in [0.05, 0.1) is 0 Å². The largest absolute Gasteiger partial charge is 0.481 e. The number of carbonyl (C=O) groups excluding carboxylic acids is 2. The first-order valence-corrected chi connectivity index (χ1v) is 7.91. The van der Waals surface area contributed by atoms with E-state index in [-0.39, 0.29) is 0 Å². The Morgan fingerprint density at radius 2 is 2.04 bits per heavy atom. The van der Waals surface area contributed by atoms with E-state index in [1.807, 2.05) is 6.92 Å². The molecule has 2 amide bonds. The molecule has 6 nitrogen and oxygen atoms in total. The molecule has 0 aliphatic heterocycles. The van der Waals surface area contributed by atoms with Crippen molar-refractivity contribution in [1.29, 1.82) is 0 Å². The van der Waals surface area contributed by atoms with E-state index in [0.29, 0.717) is 16.5 Å². The summed E-state index contributed by atoms with van der Waals surface area (Å²) in [6.07, 6.45) is 0.831. The van der Waals surface area contributed by atoms with Gasteiger partial charge >= 0.3 is 0 Å². The van der Waals surface area contributed by atoms with Crippen molar-refractivity contribution in [1.82, 2.24) is 15.8 Å². The lowest BCUT2D eigenvalue weighted by atomic mass is 10.2. The monoisotopic (exact) mass is 399 g/mol. The molecule has 0 aliphatic carbocycles. The van der Waals surface area contributed by atoms with E-state index in [0.717, 1.165) is 10.0 Å². The summed E-state index contributed by atoms with van der Waals surface area (Å²) in [5.41, 5.74) is 5.79. The van der Waals surface area contributed by atoms with Crippen LogP contribution in [0.3, 0.4) is 0 Å². The van der Waals surface area contributed by atoms with Crippen molar-refractivity contribution >= 4 is 39.3 Å². The summed E-state index contributed by atoms with van der Waals surface area (Å²) in [6.45, 7) is 3.42. The number of ether oxygens (including phenoxy) is 1. The van der Waals surface area contributed by atoms with Crippen molar-refractivity contribution in [2.75, 3.05) is 0 Å². The summed E-state index contributed by atoms with van der Waals surface area (Å²) in [7, 11) is 0. The molecule has 0 bridgehead atoms. The molecule has 1 heterocycles. The lowest BCUT2D eigenvalue weighted by molar-refractivity contribution is -0.128. The van der Waals surface area contributed by atoms with E-state index >= 15 is 0 Å². The van der Waals surface area contributed by atoms with Gasteiger partial charge in [-0.2, -0.15) is 0 Å². The van der Waals surface area contributed by atoms with Gasteiger partial charge in [0, 0.05) is 15.7 Å². The van der Waals surface area contributed by atoms with Gasteiger partial charge in [0.2, 0.25) is 0 Å². The standard InChI is InChI=1S/C15H15BrClN3O3/c1-8-5-11(3-4-12(8)17)23-9(2)14(21)19-20-15(22)13-6-10(16)7-18-13/h3-7,9,18H,1-2H3,(H,19,21)(H,20,22). The first kappa shape index (κ1) is 17.4. The Morgan fingerprint density at radius 1 is 1.30 bits per heavy atom. The second-order valence-corrected chi connectivity index (χ2v) is 6.17. The van der Waals surface area contributed by atoms with Gasteiger partial charge in [0.25, 0.3) is 11.8 Å². The van der Waals surface area contributed by atoms with Crippen LogP contribution in [0.2, 0.25) is 5.02 Å². The maximum atomic E-state index is 11.9. The highest BCUT2D eigenvalue weighted by Crippen LogP contribution is 2.21. The molecule has 2 rings (SSSR count). The summed E-state index contributed by atoms with van der Waals surface area (Å²) in [4.78, 5) is 26.5. The normalized spacial score (nSPS) is 11.7. The number of amides is 2. The number of aryl methyl sites for hydroxylation is 1. The second-order valence-electron chi connectivity index (χ2n) is 4.85. The third-order valence-corrected chi connectivity index (χ3v) is 3.89. The van der Waals surface area contributed by atoms with Gasteiger partial charge in [-0.1, -0.05) is 11.6 Å². The van der Waals surface area contributed by atoms with E-state index < -0.39 is 17.9 Å². The zero-order valence-corrected chi connectivity index (χ0v) is 14.8. The Morgan fingerprint density at radius 3 is 2.65 bits per heavy atom. The van der Waals surface area contributed by atoms with Crippen molar-refractivity contribution in [3.05, 3.63) is 51.2 Å². The van der Waals surface area contributed by atoms with Gasteiger partial charge in [0.15, 0.2) is 6.10 Å². The molecule has 1 aromatic carbocycles. The molecule has 2 aromatic rings. The van der Waals surface area contributed by atoms with Gasteiger partial charge in [-0.05, 0) is 59.6 Å². The molecule has 0 spiro atoms. The first-order valence-electron chi connectivity index (χ1n) is 6.73. The van der Waals surface area contributed by atoms with Crippen LogP contribution in [0.4, 0.5) is 0 Å². The molecule has 0 aliphatic rings. The van der Waals surface area contributed by atoms with Crippen LogP contribution in [0.5, 0.6) is 5.75 Å². The maximum absolute atomic E-state index is 11.9. The summed E-state index contributed by atoms with van der Waals surface area (Å²) in [5, 5.41) is 0.624. The van der Waals surface area contributed by atoms with E-state index in [1.165, 1.54) is 0 Å². The number of hydrogen-bond donors (Lipinski definition) is 3. The van der Waals surface area contributed by atoms with E-state index in [4.69, 9.17) is 16.3 Å². The molecule has 8 heteroatoms. The van der Waals surface area contributed by atoms with Gasteiger partial charge in [-0.15, -0.1) is 0 Å². The number of aromatic amines is 1. The molecule has 0 fully saturated rings. The minimum Gasteiger partial charge on any atom is -0.481 e. The molecule has 122 valence electrons. The topological polar surface area (TPSA) is 83.2 Å². The van der Waals surface area contributed by atoms with Crippen LogP contribution in [0.25, 0.3) is 0 Å². The number of carbonyl (C=O) groups is 2. The SMILES string of the molecule is Cc1cc(OC(C)C(=O)NNC(=O)c2cc(Br)c[nH]2)ccc1Cl. The van der Waals surface area contributed by atoms with Crippen LogP contribution >= 0.6 is 27.5 Å². The average molecular weight is 401 g/mol. The predicted molar refractivity (Wildman–Crippen MR) is 90.4 cm³/mol. The lowest BCUT2D eigenvalue weighted by Gasteiger charge is -2.15. The molecular weight excluding hydrogens is 386 g/mol. The molecule has 1 aromatic heterocycles. The van der Waals surface area contributed by atoms with E-state index in [9.17, 15) is 9.59 Å². The van der Waals surface area contributed by atoms with Crippen molar-refractivity contribution < 1.29 is 14.3 Å². The van der Waals surface area contributed by atoms with Gasteiger partial charge in [0.1, 0.15) is 11.4 Å². The fourth-order valence-corrected chi connectivity index (χ4v) is 2.20. The summed E-state index contributed by atoms with van der Waals surface area (Å²) < 4.78 is 6.26. The fraction of sp³-hybridized carbons (Fsp3) is 0.200. The average Bonchev–Trinajstić information content (AvgIpc) is 2.94. The van der Waals surface area contributed by atoms with Gasteiger partial charge in [-0.25, -0.2) is 0 Å². The smallest absolute Gasteiger partial charge is 0.286 e. The number of rotatable bonds is 4. The number of H-pyrrole nitrogens is 1. The minimum atomic E-state index is -0.786. The number of hydrogen-bond acceptors (Lipinski definition) is 3. The minimum absolute atomic E-state index is 0.319. The number of halogens is 2.